The fraction of sp³-hybridized carbons (Fsp3) is 0. The minimum atomic E-state index is -0.577. The third kappa shape index (κ3) is 10.7. The highest BCUT2D eigenvalue weighted by atomic mass is 19.1. The highest BCUT2D eigenvalue weighted by Gasteiger charge is 2.19. The van der Waals surface area contributed by atoms with Crippen LogP contribution in [0.1, 0.15) is 0 Å². The molecule has 3 heterocycles. The molecule has 14 aromatic carbocycles. The third-order valence-electron chi connectivity index (χ3n) is 16.8. The van der Waals surface area contributed by atoms with Crippen LogP contribution in [0.2, 0.25) is 0 Å². The Labute approximate surface area is 514 Å². The number of benzene rings is 14. The molecule has 0 radical (unpaired) electrons. The smallest absolute Gasteiger partial charge is 0.126 e. The van der Waals surface area contributed by atoms with Crippen molar-refractivity contribution in [2.45, 2.75) is 0 Å². The van der Waals surface area contributed by atoms with E-state index in [2.05, 4.69) is 263 Å². The largest absolute Gasteiger partial charge is 0.355 e. The van der Waals surface area contributed by atoms with E-state index in [1.54, 1.807) is 0 Å². The molecule has 17 rings (SSSR count). The quantitative estimate of drug-likeness (QED) is 0.157. The predicted molar refractivity (Wildman–Crippen MR) is 370 cm³/mol. The van der Waals surface area contributed by atoms with Crippen LogP contribution >= 0.6 is 0 Å². The number of fused-ring (bicyclic) bond motifs is 9. The zero-order chi connectivity index (χ0) is 59.6. The number of H-pyrrole nitrogens is 1. The van der Waals surface area contributed by atoms with Gasteiger partial charge in [0.05, 0.1) is 22.1 Å². The number of nitrogens with zero attached hydrogens (tertiary/aromatic N) is 2. The Kier molecular flexibility index (Phi) is 14.4. The molecule has 0 atom stereocenters. The molecule has 0 spiro atoms. The Balaban J connectivity index is 0.000000140. The van der Waals surface area contributed by atoms with Gasteiger partial charge in [-0.3, -0.25) is 0 Å². The number of hydrogen-bond donors (Lipinski definition) is 1. The molecule has 0 saturated heterocycles. The number of hydrogen-bond acceptors (Lipinski definition) is 0. The summed E-state index contributed by atoms with van der Waals surface area (Å²) in [6, 6.07) is 117. The van der Waals surface area contributed by atoms with Crippen LogP contribution in [0.25, 0.3) is 144 Å². The first-order valence-corrected chi connectivity index (χ1v) is 30.0. The van der Waals surface area contributed by atoms with Gasteiger partial charge >= 0.3 is 0 Å². The van der Waals surface area contributed by atoms with E-state index in [4.69, 9.17) is 0 Å². The number of nitrogens with one attached hydrogen (secondary N) is 1. The van der Waals surface area contributed by atoms with Crippen molar-refractivity contribution < 1.29 is 8.78 Å². The lowest BCUT2D eigenvalue weighted by molar-refractivity contribution is 0.584. The molecule has 89 heavy (non-hydrogen) atoms. The van der Waals surface area contributed by atoms with E-state index >= 15 is 0 Å². The van der Waals surface area contributed by atoms with E-state index < -0.39 is 11.6 Å². The summed E-state index contributed by atoms with van der Waals surface area (Å²) >= 11 is 0. The molecule has 5 heteroatoms. The van der Waals surface area contributed by atoms with Crippen molar-refractivity contribution in [2.75, 3.05) is 0 Å². The van der Waals surface area contributed by atoms with E-state index in [1.165, 1.54) is 105 Å². The van der Waals surface area contributed by atoms with Crippen molar-refractivity contribution in [1.29, 1.82) is 0 Å². The first-order chi connectivity index (χ1) is 43.9. The molecule has 0 amide bonds. The van der Waals surface area contributed by atoms with Gasteiger partial charge in [0.1, 0.15) is 11.6 Å². The number of para-hydroxylation sites is 6. The Hall–Kier alpha value is -11.7. The highest BCUT2D eigenvalue weighted by Crippen LogP contribution is 2.41. The van der Waals surface area contributed by atoms with E-state index in [9.17, 15) is 8.78 Å². The molecule has 0 aliphatic rings. The van der Waals surface area contributed by atoms with Gasteiger partial charge in [-0.25, -0.2) is 8.78 Å². The van der Waals surface area contributed by atoms with Crippen molar-refractivity contribution in [2.24, 2.45) is 0 Å². The van der Waals surface area contributed by atoms with Gasteiger partial charge in [0.25, 0.3) is 0 Å². The van der Waals surface area contributed by atoms with E-state index in [1.807, 2.05) is 72.8 Å². The molecule has 1 N–H and O–H groups in total. The lowest BCUT2D eigenvalue weighted by Gasteiger charge is -2.17. The summed E-state index contributed by atoms with van der Waals surface area (Å²) in [5, 5.41) is 7.62. The van der Waals surface area contributed by atoms with Gasteiger partial charge in [-0.05, 0) is 170 Å². The van der Waals surface area contributed by atoms with Gasteiger partial charge in [0, 0.05) is 60.8 Å². The monoisotopic (exact) mass is 1150 g/mol. The molecule has 0 bridgehead atoms. The summed E-state index contributed by atoms with van der Waals surface area (Å²) in [7, 11) is 0. The van der Waals surface area contributed by atoms with Crippen molar-refractivity contribution in [3.8, 4) is 78.1 Å². The number of aromatic nitrogens is 3. The SMILES string of the molecule is Fc1cc(F)cc(-c2cc(-c3ccccc3)cc(-c3ccccc3)c2)c1.c1ccc(-c2cc(-c3ccccc3)cc(-c3cc(-n4c5ccccc5c5ccccc54)cc(-n4c5ccccc5c5ccccc54)c3)c2)cc1.c1ccc2c(c1)[nH]c1ccccc12. The second kappa shape index (κ2) is 23.7. The average Bonchev–Trinajstić information content (AvgIpc) is 1.80. The standard InChI is InChI=1S/C48H32N2.C24H16F2.C12H9N/c1-3-15-33(16-4-1)35-27-36(34-17-5-2-6-18-34)29-37(28-35)38-30-39(49-45-23-11-7-19-41(45)42-20-8-12-24-46(42)49)32-40(31-38)50-47-25-13-9-21-43(47)44-22-10-14-26-48(44)50;25-23-14-22(15-24(26)16-23)21-12-19(17-7-3-1-4-8-17)11-20(13-21)18-9-5-2-6-10-18;1-3-7-11-9(5-1)10-6-2-4-8-12(10)13-11/h1-32H;1-16H;1-8,13H. The van der Waals surface area contributed by atoms with Gasteiger partial charge in [-0.1, -0.05) is 231 Å². The van der Waals surface area contributed by atoms with Crippen LogP contribution in [-0.2, 0) is 0 Å². The molecule has 0 fully saturated rings. The summed E-state index contributed by atoms with van der Waals surface area (Å²) in [5.74, 6) is -1.15. The Morgan fingerprint density at radius 2 is 0.427 bits per heavy atom. The zero-order valence-corrected chi connectivity index (χ0v) is 48.5. The molecular formula is C84H57F2N3. The lowest BCUT2D eigenvalue weighted by Crippen LogP contribution is -2.00. The maximum atomic E-state index is 13.7. The summed E-state index contributed by atoms with van der Waals surface area (Å²) in [6.07, 6.45) is 0. The summed E-state index contributed by atoms with van der Waals surface area (Å²) in [6.45, 7) is 0. The highest BCUT2D eigenvalue weighted by molar-refractivity contribution is 6.11. The minimum absolute atomic E-state index is 0.525. The van der Waals surface area contributed by atoms with E-state index in [0.29, 0.717) is 5.56 Å². The van der Waals surface area contributed by atoms with Crippen LogP contribution in [-0.4, -0.2) is 14.1 Å². The normalized spacial score (nSPS) is 11.3. The van der Waals surface area contributed by atoms with Crippen molar-refractivity contribution >= 4 is 65.4 Å². The molecule has 17 aromatic rings. The molecule has 422 valence electrons. The fourth-order valence-corrected chi connectivity index (χ4v) is 12.7. The second-order valence-electron chi connectivity index (χ2n) is 22.4. The van der Waals surface area contributed by atoms with Crippen LogP contribution in [0, 0.1) is 11.6 Å². The zero-order valence-electron chi connectivity index (χ0n) is 48.5. The van der Waals surface area contributed by atoms with Crippen molar-refractivity contribution in [1.82, 2.24) is 14.1 Å². The van der Waals surface area contributed by atoms with Gasteiger partial charge in [-0.15, -0.1) is 0 Å². The molecule has 0 aliphatic carbocycles. The van der Waals surface area contributed by atoms with Crippen LogP contribution in [0.5, 0.6) is 0 Å². The molecule has 3 nitrogen and oxygen atoms in total. The number of aromatic amines is 1. The lowest BCUT2D eigenvalue weighted by atomic mass is 9.93. The minimum Gasteiger partial charge on any atom is -0.355 e. The van der Waals surface area contributed by atoms with Gasteiger partial charge < -0.3 is 14.1 Å². The van der Waals surface area contributed by atoms with E-state index in [0.717, 1.165) is 50.8 Å². The summed E-state index contributed by atoms with van der Waals surface area (Å²) in [4.78, 5) is 3.38. The molecule has 0 unspecified atom stereocenters. The van der Waals surface area contributed by atoms with Crippen LogP contribution in [0.3, 0.4) is 0 Å². The van der Waals surface area contributed by atoms with Gasteiger partial charge in [-0.2, -0.15) is 0 Å². The average molecular weight is 1150 g/mol. The summed E-state index contributed by atoms with van der Waals surface area (Å²) < 4.78 is 32.3. The van der Waals surface area contributed by atoms with Crippen LogP contribution in [0.4, 0.5) is 8.78 Å². The van der Waals surface area contributed by atoms with Crippen LogP contribution < -0.4 is 0 Å². The Morgan fingerprint density at radius 1 is 0.191 bits per heavy atom. The maximum Gasteiger partial charge on any atom is 0.126 e. The Morgan fingerprint density at radius 3 is 0.742 bits per heavy atom. The number of halogens is 2. The van der Waals surface area contributed by atoms with Crippen molar-refractivity contribution in [3.05, 3.63) is 351 Å². The number of rotatable bonds is 8. The molecule has 0 saturated carbocycles. The molecular weight excluding hydrogens is 1090 g/mol. The predicted octanol–water partition coefficient (Wildman–Crippen LogP) is 23.2. The van der Waals surface area contributed by atoms with Crippen molar-refractivity contribution in [3.63, 3.8) is 0 Å². The molecule has 3 aromatic heterocycles. The fourth-order valence-electron chi connectivity index (χ4n) is 12.7. The second-order valence-corrected chi connectivity index (χ2v) is 22.4. The Bertz CT molecular complexity index is 4970. The summed E-state index contributed by atoms with van der Waals surface area (Å²) in [5.41, 5.74) is 22.0. The molecule has 0 aliphatic heterocycles. The van der Waals surface area contributed by atoms with E-state index in [-0.39, 0.29) is 0 Å². The topological polar surface area (TPSA) is 25.6 Å². The van der Waals surface area contributed by atoms with Gasteiger partial charge in [0.15, 0.2) is 0 Å². The maximum absolute atomic E-state index is 13.7. The third-order valence-corrected chi connectivity index (χ3v) is 16.8. The van der Waals surface area contributed by atoms with Crippen LogP contribution in [0.15, 0.2) is 340 Å². The first kappa shape index (κ1) is 54.0. The first-order valence-electron chi connectivity index (χ1n) is 30.0. The van der Waals surface area contributed by atoms with Gasteiger partial charge in [0.2, 0.25) is 0 Å².